The van der Waals surface area contributed by atoms with Gasteiger partial charge in [-0.3, -0.25) is 4.79 Å². The number of aliphatic hydroxyl groups excluding tert-OH is 1. The molecule has 1 rings (SSSR count). The van der Waals surface area contributed by atoms with Crippen LogP contribution < -0.4 is 5.32 Å². The number of aliphatic hydroxyl groups is 1. The number of benzene rings is 1. The Morgan fingerprint density at radius 2 is 1.94 bits per heavy atom. The van der Waals surface area contributed by atoms with E-state index in [4.69, 9.17) is 0 Å². The van der Waals surface area contributed by atoms with Crippen LogP contribution in [0.25, 0.3) is 0 Å². The number of rotatable bonds is 6. The number of anilines is 1. The molecular formula is C14H21NO2. The average Bonchev–Trinajstić information content (AvgIpc) is 2.28. The monoisotopic (exact) mass is 235 g/mol. The zero-order valence-corrected chi connectivity index (χ0v) is 10.5. The van der Waals surface area contributed by atoms with Crippen molar-refractivity contribution < 1.29 is 9.90 Å². The average molecular weight is 235 g/mol. The molecule has 94 valence electrons. The molecular weight excluding hydrogens is 214 g/mol. The Balaban J connectivity index is 2.43. The van der Waals surface area contributed by atoms with E-state index in [2.05, 4.69) is 19.2 Å². The lowest BCUT2D eigenvalue weighted by molar-refractivity contribution is -0.117. The van der Waals surface area contributed by atoms with E-state index in [1.54, 1.807) is 0 Å². The van der Waals surface area contributed by atoms with E-state index in [9.17, 15) is 9.90 Å². The van der Waals surface area contributed by atoms with Gasteiger partial charge in [0.2, 0.25) is 5.91 Å². The summed E-state index contributed by atoms with van der Waals surface area (Å²) in [5, 5.41) is 12.0. The normalized spacial score (nSPS) is 12.5. The quantitative estimate of drug-likeness (QED) is 0.796. The maximum atomic E-state index is 11.7. The van der Waals surface area contributed by atoms with E-state index in [-0.39, 0.29) is 18.4 Å². The topological polar surface area (TPSA) is 49.3 Å². The van der Waals surface area contributed by atoms with Crippen molar-refractivity contribution in [1.82, 2.24) is 0 Å². The van der Waals surface area contributed by atoms with Crippen molar-refractivity contribution in [2.75, 3.05) is 11.9 Å². The molecule has 3 nitrogen and oxygen atoms in total. The van der Waals surface area contributed by atoms with Crippen molar-refractivity contribution in [1.29, 1.82) is 0 Å². The molecule has 2 N–H and O–H groups in total. The highest BCUT2D eigenvalue weighted by molar-refractivity contribution is 5.90. The van der Waals surface area contributed by atoms with Crippen molar-refractivity contribution in [3.05, 3.63) is 30.3 Å². The zero-order chi connectivity index (χ0) is 12.7. The van der Waals surface area contributed by atoms with Gasteiger partial charge in [0.25, 0.3) is 0 Å². The lowest BCUT2D eigenvalue weighted by atomic mass is 9.94. The number of para-hydroxylation sites is 1. The maximum absolute atomic E-state index is 11.7. The number of nitrogens with one attached hydrogen (secondary N) is 1. The molecule has 1 aromatic carbocycles. The molecule has 0 aliphatic carbocycles. The smallest absolute Gasteiger partial charge is 0.224 e. The maximum Gasteiger partial charge on any atom is 0.224 e. The first-order valence-electron chi connectivity index (χ1n) is 6.07. The first-order valence-corrected chi connectivity index (χ1v) is 6.07. The molecule has 0 aliphatic rings. The van der Waals surface area contributed by atoms with Gasteiger partial charge < -0.3 is 10.4 Å². The minimum absolute atomic E-state index is 0.0316. The minimum Gasteiger partial charge on any atom is -0.396 e. The van der Waals surface area contributed by atoms with Gasteiger partial charge in [0.15, 0.2) is 0 Å². The first-order chi connectivity index (χ1) is 8.11. The minimum atomic E-state index is -0.0316. The third-order valence-corrected chi connectivity index (χ3v) is 2.59. The molecule has 0 radical (unpaired) electrons. The van der Waals surface area contributed by atoms with Crippen LogP contribution in [0.2, 0.25) is 0 Å². The fraction of sp³-hybridized carbons (Fsp3) is 0.500. The van der Waals surface area contributed by atoms with Crippen molar-refractivity contribution in [2.45, 2.75) is 26.7 Å². The van der Waals surface area contributed by atoms with Gasteiger partial charge in [0.05, 0.1) is 0 Å². The van der Waals surface area contributed by atoms with Gasteiger partial charge in [0.1, 0.15) is 0 Å². The predicted octanol–water partition coefficient (Wildman–Crippen LogP) is 2.67. The summed E-state index contributed by atoms with van der Waals surface area (Å²) in [6.07, 6.45) is 1.25. The molecule has 0 saturated carbocycles. The second kappa shape index (κ2) is 7.07. The zero-order valence-electron chi connectivity index (χ0n) is 10.5. The van der Waals surface area contributed by atoms with Crippen LogP contribution >= 0.6 is 0 Å². The summed E-state index contributed by atoms with van der Waals surface area (Å²) in [5.41, 5.74) is 0.804. The molecule has 1 aromatic rings. The number of carbonyl (C=O) groups excluding carboxylic acids is 1. The standard InChI is InChI=1S/C14H21NO2/c1-11(2)8-12(10-16)9-14(17)15-13-6-4-3-5-7-13/h3-7,11-12,16H,8-10H2,1-2H3,(H,15,17)/t12-/m1/s1. The molecule has 0 aliphatic heterocycles. The Morgan fingerprint density at radius 3 is 2.47 bits per heavy atom. The van der Waals surface area contributed by atoms with Crippen LogP contribution in [0.5, 0.6) is 0 Å². The van der Waals surface area contributed by atoms with Gasteiger partial charge in [-0.2, -0.15) is 0 Å². The van der Waals surface area contributed by atoms with E-state index in [0.29, 0.717) is 12.3 Å². The molecule has 0 saturated heterocycles. The summed E-state index contributed by atoms with van der Waals surface area (Å²) in [5.74, 6) is 0.520. The van der Waals surface area contributed by atoms with Gasteiger partial charge in [-0.25, -0.2) is 0 Å². The van der Waals surface area contributed by atoms with Crippen LogP contribution in [0.1, 0.15) is 26.7 Å². The van der Waals surface area contributed by atoms with Gasteiger partial charge in [-0.15, -0.1) is 0 Å². The Hall–Kier alpha value is -1.35. The van der Waals surface area contributed by atoms with Crippen LogP contribution in [-0.4, -0.2) is 17.6 Å². The van der Waals surface area contributed by atoms with Gasteiger partial charge in [-0.05, 0) is 30.4 Å². The summed E-state index contributed by atoms with van der Waals surface area (Å²) in [6, 6.07) is 9.38. The molecule has 0 heterocycles. The Bertz CT molecular complexity index is 335. The lowest BCUT2D eigenvalue weighted by Crippen LogP contribution is -2.20. The van der Waals surface area contributed by atoms with Crippen LogP contribution in [-0.2, 0) is 4.79 Å². The van der Waals surface area contributed by atoms with Crippen molar-refractivity contribution in [3.63, 3.8) is 0 Å². The molecule has 17 heavy (non-hydrogen) atoms. The molecule has 3 heteroatoms. The Kier molecular flexibility index (Phi) is 5.70. The van der Waals surface area contributed by atoms with E-state index < -0.39 is 0 Å². The Morgan fingerprint density at radius 1 is 1.29 bits per heavy atom. The van der Waals surface area contributed by atoms with Crippen LogP contribution in [0.4, 0.5) is 5.69 Å². The molecule has 0 fully saturated rings. The first kappa shape index (κ1) is 13.7. The van der Waals surface area contributed by atoms with E-state index in [1.165, 1.54) is 0 Å². The molecule has 1 amide bonds. The van der Waals surface area contributed by atoms with E-state index in [1.807, 2.05) is 30.3 Å². The molecule has 0 bridgehead atoms. The molecule has 0 aromatic heterocycles. The highest BCUT2D eigenvalue weighted by Crippen LogP contribution is 2.16. The Labute approximate surface area is 103 Å². The lowest BCUT2D eigenvalue weighted by Gasteiger charge is -2.16. The van der Waals surface area contributed by atoms with Crippen molar-refractivity contribution in [3.8, 4) is 0 Å². The van der Waals surface area contributed by atoms with E-state index in [0.717, 1.165) is 12.1 Å². The second-order valence-electron chi connectivity index (χ2n) is 4.80. The third-order valence-electron chi connectivity index (χ3n) is 2.59. The van der Waals surface area contributed by atoms with Crippen LogP contribution in [0.15, 0.2) is 30.3 Å². The molecule has 0 unspecified atom stereocenters. The SMILES string of the molecule is CC(C)C[C@@H](CO)CC(=O)Nc1ccccc1. The van der Waals surface area contributed by atoms with E-state index >= 15 is 0 Å². The summed E-state index contributed by atoms with van der Waals surface area (Å²) >= 11 is 0. The highest BCUT2D eigenvalue weighted by atomic mass is 16.3. The molecule has 0 spiro atoms. The number of hydrogen-bond acceptors (Lipinski definition) is 2. The van der Waals surface area contributed by atoms with Gasteiger partial charge in [-0.1, -0.05) is 32.0 Å². The number of amides is 1. The van der Waals surface area contributed by atoms with Crippen molar-refractivity contribution >= 4 is 11.6 Å². The highest BCUT2D eigenvalue weighted by Gasteiger charge is 2.14. The summed E-state index contributed by atoms with van der Waals surface area (Å²) in [4.78, 5) is 11.7. The fourth-order valence-corrected chi connectivity index (χ4v) is 1.88. The predicted molar refractivity (Wildman–Crippen MR) is 69.7 cm³/mol. The van der Waals surface area contributed by atoms with Gasteiger partial charge >= 0.3 is 0 Å². The number of hydrogen-bond donors (Lipinski definition) is 2. The largest absolute Gasteiger partial charge is 0.396 e. The van der Waals surface area contributed by atoms with Gasteiger partial charge in [0, 0.05) is 18.7 Å². The van der Waals surface area contributed by atoms with Crippen molar-refractivity contribution in [2.24, 2.45) is 11.8 Å². The summed E-state index contributed by atoms with van der Waals surface area (Å²) in [7, 11) is 0. The molecule has 1 atom stereocenters. The summed E-state index contributed by atoms with van der Waals surface area (Å²) in [6.45, 7) is 4.26. The summed E-state index contributed by atoms with van der Waals surface area (Å²) < 4.78 is 0. The van der Waals surface area contributed by atoms with Crippen LogP contribution in [0, 0.1) is 11.8 Å². The third kappa shape index (κ3) is 5.50. The fourth-order valence-electron chi connectivity index (χ4n) is 1.88. The number of carbonyl (C=O) groups is 1. The van der Waals surface area contributed by atoms with Crippen LogP contribution in [0.3, 0.4) is 0 Å². The second-order valence-corrected chi connectivity index (χ2v) is 4.80.